The van der Waals surface area contributed by atoms with E-state index in [0.29, 0.717) is 12.1 Å². The van der Waals surface area contributed by atoms with E-state index >= 15 is 0 Å². The highest BCUT2D eigenvalue weighted by molar-refractivity contribution is 7.90. The van der Waals surface area contributed by atoms with Gasteiger partial charge in [-0.2, -0.15) is 0 Å². The number of sulfone groups is 1. The second kappa shape index (κ2) is 5.67. The second-order valence-corrected chi connectivity index (χ2v) is 6.80. The van der Waals surface area contributed by atoms with Crippen LogP contribution in [0.2, 0.25) is 0 Å². The molecule has 0 aliphatic rings. The van der Waals surface area contributed by atoms with Crippen LogP contribution < -0.4 is 10.6 Å². The van der Waals surface area contributed by atoms with Crippen molar-refractivity contribution < 1.29 is 12.8 Å². The van der Waals surface area contributed by atoms with Crippen LogP contribution in [0.5, 0.6) is 0 Å². The van der Waals surface area contributed by atoms with Crippen molar-refractivity contribution in [3.63, 3.8) is 0 Å². The Hall–Kier alpha value is -1.14. The van der Waals surface area contributed by atoms with Gasteiger partial charge < -0.3 is 10.6 Å². The Bertz CT molecular complexity index is 515. The maximum Gasteiger partial charge on any atom is 0.149 e. The van der Waals surface area contributed by atoms with E-state index in [1.165, 1.54) is 18.4 Å². The maximum atomic E-state index is 13.2. The van der Waals surface area contributed by atoms with Crippen molar-refractivity contribution in [3.8, 4) is 0 Å². The summed E-state index contributed by atoms with van der Waals surface area (Å²) < 4.78 is 35.4. The van der Waals surface area contributed by atoms with Crippen molar-refractivity contribution in [1.29, 1.82) is 0 Å². The molecule has 0 fully saturated rings. The second-order valence-electron chi connectivity index (χ2n) is 4.54. The molecular weight excluding hydrogens is 255 g/mol. The monoisotopic (exact) mass is 274 g/mol. The van der Waals surface area contributed by atoms with Gasteiger partial charge in [-0.1, -0.05) is 0 Å². The third-order valence-corrected chi connectivity index (χ3v) is 3.61. The van der Waals surface area contributed by atoms with Crippen LogP contribution in [-0.2, 0) is 9.84 Å². The summed E-state index contributed by atoms with van der Waals surface area (Å²) in [6.45, 7) is 2.12. The number of benzene rings is 1. The average Bonchev–Trinajstić information content (AvgIpc) is 2.24. The molecule has 102 valence electrons. The van der Waals surface area contributed by atoms with Crippen molar-refractivity contribution in [2.45, 2.75) is 13.0 Å². The number of rotatable bonds is 5. The van der Waals surface area contributed by atoms with Crippen LogP contribution in [0.25, 0.3) is 0 Å². The number of halogens is 1. The van der Waals surface area contributed by atoms with Gasteiger partial charge >= 0.3 is 0 Å². The molecule has 6 heteroatoms. The third kappa shape index (κ3) is 4.27. The van der Waals surface area contributed by atoms with E-state index < -0.39 is 9.84 Å². The molecule has 1 rings (SSSR count). The highest BCUT2D eigenvalue weighted by atomic mass is 32.2. The molecular formula is C12H19FN2O2S. The number of nitrogens with zero attached hydrogens (tertiary/aromatic N) is 1. The zero-order valence-corrected chi connectivity index (χ0v) is 11.7. The quantitative estimate of drug-likeness (QED) is 0.879. The van der Waals surface area contributed by atoms with Crippen LogP contribution in [0.3, 0.4) is 0 Å². The molecule has 0 unspecified atom stereocenters. The summed E-state index contributed by atoms with van der Waals surface area (Å²) in [5.74, 6) is -0.290. The van der Waals surface area contributed by atoms with Gasteiger partial charge in [0, 0.05) is 31.6 Å². The number of nitrogens with two attached hydrogens (primary N) is 1. The predicted molar refractivity (Wildman–Crippen MR) is 72.0 cm³/mol. The van der Waals surface area contributed by atoms with Gasteiger partial charge in [0.15, 0.2) is 0 Å². The highest BCUT2D eigenvalue weighted by Crippen LogP contribution is 2.25. The topological polar surface area (TPSA) is 63.4 Å². The van der Waals surface area contributed by atoms with Gasteiger partial charge in [-0.3, -0.25) is 0 Å². The van der Waals surface area contributed by atoms with Crippen LogP contribution in [0, 0.1) is 5.82 Å². The fourth-order valence-corrected chi connectivity index (χ4v) is 2.27. The number of hydrogen-bond acceptors (Lipinski definition) is 4. The Morgan fingerprint density at radius 3 is 2.56 bits per heavy atom. The summed E-state index contributed by atoms with van der Waals surface area (Å²) in [4.78, 5) is 1.78. The van der Waals surface area contributed by atoms with Crippen LogP contribution in [-0.4, -0.2) is 34.0 Å². The van der Waals surface area contributed by atoms with E-state index in [0.717, 1.165) is 5.69 Å². The van der Waals surface area contributed by atoms with Crippen LogP contribution in [0.1, 0.15) is 18.5 Å². The molecule has 0 aliphatic carbocycles. The molecule has 0 aromatic heterocycles. The van der Waals surface area contributed by atoms with E-state index in [-0.39, 0.29) is 17.6 Å². The molecule has 0 spiro atoms. The Kier molecular flexibility index (Phi) is 4.70. The maximum absolute atomic E-state index is 13.2. The Morgan fingerprint density at radius 2 is 2.06 bits per heavy atom. The van der Waals surface area contributed by atoms with Crippen molar-refractivity contribution in [2.75, 3.05) is 30.5 Å². The van der Waals surface area contributed by atoms with E-state index in [2.05, 4.69) is 0 Å². The zero-order chi connectivity index (χ0) is 13.9. The highest BCUT2D eigenvalue weighted by Gasteiger charge is 2.13. The van der Waals surface area contributed by atoms with Gasteiger partial charge in [0.2, 0.25) is 0 Å². The predicted octanol–water partition coefficient (Wildman–Crippen LogP) is 1.33. The molecule has 2 N–H and O–H groups in total. The van der Waals surface area contributed by atoms with Crippen molar-refractivity contribution in [3.05, 3.63) is 29.6 Å². The summed E-state index contributed by atoms with van der Waals surface area (Å²) in [6.07, 6.45) is 1.19. The molecule has 0 radical (unpaired) electrons. The summed E-state index contributed by atoms with van der Waals surface area (Å²) >= 11 is 0. The van der Waals surface area contributed by atoms with E-state index in [1.807, 2.05) is 0 Å². The minimum atomic E-state index is -3.02. The van der Waals surface area contributed by atoms with Gasteiger partial charge in [-0.15, -0.1) is 0 Å². The largest absolute Gasteiger partial charge is 0.373 e. The molecule has 0 bridgehead atoms. The first-order valence-electron chi connectivity index (χ1n) is 5.64. The van der Waals surface area contributed by atoms with Gasteiger partial charge in [0.1, 0.15) is 15.7 Å². The van der Waals surface area contributed by atoms with Crippen LogP contribution >= 0.6 is 0 Å². The van der Waals surface area contributed by atoms with Crippen molar-refractivity contribution in [1.82, 2.24) is 0 Å². The van der Waals surface area contributed by atoms with E-state index in [4.69, 9.17) is 5.73 Å². The molecule has 18 heavy (non-hydrogen) atoms. The summed E-state index contributed by atoms with van der Waals surface area (Å²) in [7, 11) is -1.25. The van der Waals surface area contributed by atoms with Crippen LogP contribution in [0.15, 0.2) is 18.2 Å². The lowest BCUT2D eigenvalue weighted by atomic mass is 10.1. The zero-order valence-electron chi connectivity index (χ0n) is 10.9. The van der Waals surface area contributed by atoms with E-state index in [9.17, 15) is 12.8 Å². The average molecular weight is 274 g/mol. The normalized spacial score (nSPS) is 13.4. The molecule has 0 heterocycles. The smallest absolute Gasteiger partial charge is 0.149 e. The summed E-state index contributed by atoms with van der Waals surface area (Å²) in [5.41, 5.74) is 7.22. The minimum absolute atomic E-state index is 0.0548. The molecule has 0 amide bonds. The standard InChI is InChI=1S/C12H19FN2O2S/c1-9(14)11-8-10(13)4-5-12(11)15(2)6-7-18(3,16)17/h4-5,8-9H,6-7,14H2,1-3H3/t9-/m1/s1. The first kappa shape index (κ1) is 14.9. The Labute approximate surface area is 108 Å². The van der Waals surface area contributed by atoms with E-state index in [1.54, 1.807) is 24.9 Å². The first-order valence-corrected chi connectivity index (χ1v) is 7.70. The fourth-order valence-electron chi connectivity index (χ4n) is 1.66. The third-order valence-electron chi connectivity index (χ3n) is 2.69. The molecule has 1 aromatic carbocycles. The Balaban J connectivity index is 2.95. The lowest BCUT2D eigenvalue weighted by Gasteiger charge is -2.23. The molecule has 1 atom stereocenters. The SMILES string of the molecule is C[C@@H](N)c1cc(F)ccc1N(C)CCS(C)(=O)=O. The molecule has 0 saturated heterocycles. The van der Waals surface area contributed by atoms with Crippen molar-refractivity contribution in [2.24, 2.45) is 5.73 Å². The number of anilines is 1. The first-order chi connectivity index (χ1) is 8.20. The molecule has 0 aliphatic heterocycles. The van der Waals surface area contributed by atoms with Gasteiger partial charge in [-0.25, -0.2) is 12.8 Å². The molecule has 1 aromatic rings. The summed E-state index contributed by atoms with van der Waals surface area (Å²) in [6, 6.07) is 4.04. The molecule has 4 nitrogen and oxygen atoms in total. The lowest BCUT2D eigenvalue weighted by Crippen LogP contribution is -2.26. The lowest BCUT2D eigenvalue weighted by molar-refractivity contribution is 0.600. The van der Waals surface area contributed by atoms with Gasteiger partial charge in [-0.05, 0) is 30.7 Å². The fraction of sp³-hybridized carbons (Fsp3) is 0.500. The van der Waals surface area contributed by atoms with Gasteiger partial charge in [0.25, 0.3) is 0 Å². The van der Waals surface area contributed by atoms with Crippen LogP contribution in [0.4, 0.5) is 10.1 Å². The Morgan fingerprint density at radius 1 is 1.44 bits per heavy atom. The van der Waals surface area contributed by atoms with Crippen molar-refractivity contribution >= 4 is 15.5 Å². The van der Waals surface area contributed by atoms with Gasteiger partial charge in [0.05, 0.1) is 5.75 Å². The summed E-state index contributed by atoms with van der Waals surface area (Å²) in [5, 5.41) is 0. The minimum Gasteiger partial charge on any atom is -0.373 e. The number of hydrogen-bond donors (Lipinski definition) is 1. The molecule has 0 saturated carbocycles.